The van der Waals surface area contributed by atoms with Gasteiger partial charge in [0.2, 0.25) is 0 Å². The van der Waals surface area contributed by atoms with Gasteiger partial charge in [0, 0.05) is 11.0 Å². The second-order valence-electron chi connectivity index (χ2n) is 4.90. The molecule has 2 unspecified atom stereocenters. The standard InChI is InChI=1S/C14H18BrNO2/c1-9-5-12(9)8-16-7-11-4-3-10(6-13(11)15)14(17)18-2/h3-4,6,9,12,16H,5,7-8H2,1-2H3. The van der Waals surface area contributed by atoms with Crippen molar-refractivity contribution in [2.24, 2.45) is 11.8 Å². The first-order valence-electron chi connectivity index (χ1n) is 6.19. The summed E-state index contributed by atoms with van der Waals surface area (Å²) in [5.41, 5.74) is 1.74. The molecule has 0 amide bonds. The topological polar surface area (TPSA) is 38.3 Å². The summed E-state index contributed by atoms with van der Waals surface area (Å²) in [6.45, 7) is 4.19. The van der Waals surface area contributed by atoms with Crippen molar-refractivity contribution < 1.29 is 9.53 Å². The lowest BCUT2D eigenvalue weighted by molar-refractivity contribution is 0.0600. The molecule has 1 aliphatic rings. The molecule has 1 aliphatic carbocycles. The molecule has 0 saturated heterocycles. The van der Waals surface area contributed by atoms with Gasteiger partial charge >= 0.3 is 5.97 Å². The molecule has 18 heavy (non-hydrogen) atoms. The predicted molar refractivity (Wildman–Crippen MR) is 74.5 cm³/mol. The van der Waals surface area contributed by atoms with E-state index in [9.17, 15) is 4.79 Å². The fourth-order valence-corrected chi connectivity index (χ4v) is 2.53. The summed E-state index contributed by atoms with van der Waals surface area (Å²) in [5, 5.41) is 3.45. The second-order valence-corrected chi connectivity index (χ2v) is 5.76. The van der Waals surface area contributed by atoms with E-state index in [-0.39, 0.29) is 5.97 Å². The van der Waals surface area contributed by atoms with E-state index in [0.717, 1.165) is 35.0 Å². The zero-order valence-corrected chi connectivity index (χ0v) is 12.3. The lowest BCUT2D eigenvalue weighted by atomic mass is 10.1. The van der Waals surface area contributed by atoms with Gasteiger partial charge in [-0.3, -0.25) is 0 Å². The minimum absolute atomic E-state index is 0.304. The number of hydrogen-bond acceptors (Lipinski definition) is 3. The van der Waals surface area contributed by atoms with Crippen molar-refractivity contribution in [2.45, 2.75) is 19.9 Å². The van der Waals surface area contributed by atoms with E-state index < -0.39 is 0 Å². The Kier molecular flexibility index (Phi) is 4.40. The monoisotopic (exact) mass is 311 g/mol. The Morgan fingerprint density at radius 2 is 2.28 bits per heavy atom. The maximum atomic E-state index is 11.4. The largest absolute Gasteiger partial charge is 0.465 e. The quantitative estimate of drug-likeness (QED) is 0.850. The molecule has 1 saturated carbocycles. The number of esters is 1. The maximum absolute atomic E-state index is 11.4. The number of benzene rings is 1. The molecule has 0 spiro atoms. The molecule has 0 radical (unpaired) electrons. The van der Waals surface area contributed by atoms with Gasteiger partial charge in [-0.15, -0.1) is 0 Å². The molecule has 0 aromatic heterocycles. The van der Waals surface area contributed by atoms with Gasteiger partial charge in [-0.2, -0.15) is 0 Å². The molecule has 2 rings (SSSR count). The zero-order chi connectivity index (χ0) is 13.1. The molecule has 1 aromatic rings. The van der Waals surface area contributed by atoms with Crippen LogP contribution in [0.1, 0.15) is 29.3 Å². The van der Waals surface area contributed by atoms with Crippen molar-refractivity contribution in [3.63, 3.8) is 0 Å². The molecule has 1 N–H and O–H groups in total. The number of carbonyl (C=O) groups excluding carboxylic acids is 1. The highest BCUT2D eigenvalue weighted by Crippen LogP contribution is 2.36. The van der Waals surface area contributed by atoms with Crippen LogP contribution >= 0.6 is 15.9 Å². The average molecular weight is 312 g/mol. The van der Waals surface area contributed by atoms with Crippen LogP contribution in [0.5, 0.6) is 0 Å². The summed E-state index contributed by atoms with van der Waals surface area (Å²) < 4.78 is 5.63. The van der Waals surface area contributed by atoms with Crippen LogP contribution in [0, 0.1) is 11.8 Å². The fourth-order valence-electron chi connectivity index (χ4n) is 2.01. The number of carbonyl (C=O) groups is 1. The first kappa shape index (κ1) is 13.6. The van der Waals surface area contributed by atoms with Crippen LogP contribution in [0.4, 0.5) is 0 Å². The Morgan fingerprint density at radius 1 is 1.56 bits per heavy atom. The molecular weight excluding hydrogens is 294 g/mol. The molecule has 0 heterocycles. The number of methoxy groups -OCH3 is 1. The third-order valence-electron chi connectivity index (χ3n) is 3.47. The highest BCUT2D eigenvalue weighted by Gasteiger charge is 2.31. The van der Waals surface area contributed by atoms with Crippen LogP contribution in [-0.4, -0.2) is 19.6 Å². The molecule has 1 fully saturated rings. The minimum atomic E-state index is -0.304. The van der Waals surface area contributed by atoms with Crippen molar-refractivity contribution in [3.8, 4) is 0 Å². The Labute approximate surface area is 116 Å². The lowest BCUT2D eigenvalue weighted by Crippen LogP contribution is -2.17. The maximum Gasteiger partial charge on any atom is 0.337 e. The predicted octanol–water partition coefficient (Wildman–Crippen LogP) is 2.98. The Balaban J connectivity index is 1.90. The highest BCUT2D eigenvalue weighted by molar-refractivity contribution is 9.10. The lowest BCUT2D eigenvalue weighted by Gasteiger charge is -2.08. The summed E-state index contributed by atoms with van der Waals surface area (Å²) in [7, 11) is 1.39. The van der Waals surface area contributed by atoms with Gasteiger partial charge in [0.05, 0.1) is 12.7 Å². The Morgan fingerprint density at radius 3 is 2.83 bits per heavy atom. The first-order chi connectivity index (χ1) is 8.61. The molecule has 2 atom stereocenters. The van der Waals surface area contributed by atoms with Gasteiger partial charge in [0.1, 0.15) is 0 Å². The van der Waals surface area contributed by atoms with Crippen molar-refractivity contribution in [2.75, 3.05) is 13.7 Å². The summed E-state index contributed by atoms with van der Waals surface area (Å²) in [6, 6.07) is 5.57. The summed E-state index contributed by atoms with van der Waals surface area (Å²) in [6.07, 6.45) is 1.34. The van der Waals surface area contributed by atoms with Crippen molar-refractivity contribution in [1.29, 1.82) is 0 Å². The number of hydrogen-bond donors (Lipinski definition) is 1. The van der Waals surface area contributed by atoms with Gasteiger partial charge in [-0.25, -0.2) is 4.79 Å². The van der Waals surface area contributed by atoms with E-state index in [1.54, 1.807) is 6.07 Å². The SMILES string of the molecule is COC(=O)c1ccc(CNCC2CC2C)c(Br)c1. The summed E-state index contributed by atoms with van der Waals surface area (Å²) in [5.74, 6) is 1.42. The number of rotatable bonds is 5. The van der Waals surface area contributed by atoms with E-state index in [1.807, 2.05) is 12.1 Å². The smallest absolute Gasteiger partial charge is 0.337 e. The molecule has 0 aliphatic heterocycles. The van der Waals surface area contributed by atoms with Crippen LogP contribution in [0.3, 0.4) is 0 Å². The van der Waals surface area contributed by atoms with Gasteiger partial charge in [0.25, 0.3) is 0 Å². The van der Waals surface area contributed by atoms with Crippen molar-refractivity contribution in [3.05, 3.63) is 33.8 Å². The third kappa shape index (κ3) is 3.33. The van der Waals surface area contributed by atoms with Crippen LogP contribution < -0.4 is 5.32 Å². The molecule has 0 bridgehead atoms. The molecule has 1 aromatic carbocycles. The molecule has 4 heteroatoms. The fraction of sp³-hybridized carbons (Fsp3) is 0.500. The minimum Gasteiger partial charge on any atom is -0.465 e. The van der Waals surface area contributed by atoms with Gasteiger partial charge in [-0.05, 0) is 42.5 Å². The van der Waals surface area contributed by atoms with E-state index in [2.05, 4.69) is 32.9 Å². The first-order valence-corrected chi connectivity index (χ1v) is 6.98. The van der Waals surface area contributed by atoms with E-state index in [0.29, 0.717) is 5.56 Å². The highest BCUT2D eigenvalue weighted by atomic mass is 79.9. The van der Waals surface area contributed by atoms with Crippen molar-refractivity contribution >= 4 is 21.9 Å². The Bertz CT molecular complexity index is 447. The normalized spacial score (nSPS) is 21.7. The van der Waals surface area contributed by atoms with E-state index in [4.69, 9.17) is 0 Å². The van der Waals surface area contributed by atoms with Crippen LogP contribution in [0.25, 0.3) is 0 Å². The number of halogens is 1. The van der Waals surface area contributed by atoms with Crippen LogP contribution in [-0.2, 0) is 11.3 Å². The molecule has 3 nitrogen and oxygen atoms in total. The third-order valence-corrected chi connectivity index (χ3v) is 4.21. The van der Waals surface area contributed by atoms with E-state index in [1.165, 1.54) is 13.5 Å². The van der Waals surface area contributed by atoms with Gasteiger partial charge < -0.3 is 10.1 Å². The van der Waals surface area contributed by atoms with Gasteiger partial charge in [-0.1, -0.05) is 28.9 Å². The van der Waals surface area contributed by atoms with Crippen LogP contribution in [0.15, 0.2) is 22.7 Å². The molecule has 98 valence electrons. The Hall–Kier alpha value is -0.870. The second kappa shape index (κ2) is 5.85. The zero-order valence-electron chi connectivity index (χ0n) is 10.7. The number of ether oxygens (including phenoxy) is 1. The van der Waals surface area contributed by atoms with Crippen molar-refractivity contribution in [1.82, 2.24) is 5.32 Å². The van der Waals surface area contributed by atoms with Gasteiger partial charge in [0.15, 0.2) is 0 Å². The van der Waals surface area contributed by atoms with E-state index >= 15 is 0 Å². The summed E-state index contributed by atoms with van der Waals surface area (Å²) in [4.78, 5) is 11.4. The summed E-state index contributed by atoms with van der Waals surface area (Å²) >= 11 is 3.49. The van der Waals surface area contributed by atoms with Crippen LogP contribution in [0.2, 0.25) is 0 Å². The average Bonchev–Trinajstić information content (AvgIpc) is 3.06. The molecular formula is C14H18BrNO2. The number of nitrogens with one attached hydrogen (secondary N) is 1.